The number of hydrazine groups is 1. The highest BCUT2D eigenvalue weighted by Gasteiger charge is 2.47. The lowest BCUT2D eigenvalue weighted by Gasteiger charge is -2.47. The van der Waals surface area contributed by atoms with Crippen LogP contribution in [0, 0.1) is 5.92 Å². The van der Waals surface area contributed by atoms with Crippen molar-refractivity contribution in [1.82, 2.24) is 10.0 Å². The van der Waals surface area contributed by atoms with Crippen LogP contribution >= 0.6 is 11.6 Å². The third kappa shape index (κ3) is 6.33. The summed E-state index contributed by atoms with van der Waals surface area (Å²) in [6, 6.07) is 13.1. The second-order valence-corrected chi connectivity index (χ2v) is 18.3. The monoisotopic (exact) mass is 584 g/mol. The molecule has 1 amide bonds. The van der Waals surface area contributed by atoms with Crippen LogP contribution in [0.3, 0.4) is 0 Å². The average molecular weight is 585 g/mol. The van der Waals surface area contributed by atoms with E-state index in [1.165, 1.54) is 6.07 Å². The van der Waals surface area contributed by atoms with Gasteiger partial charge in [-0.05, 0) is 71.1 Å². The van der Waals surface area contributed by atoms with E-state index >= 15 is 0 Å². The van der Waals surface area contributed by atoms with Gasteiger partial charge in [0, 0.05) is 31.7 Å². The van der Waals surface area contributed by atoms with E-state index in [0.29, 0.717) is 16.6 Å². The maximum atomic E-state index is 13.4. The summed E-state index contributed by atoms with van der Waals surface area (Å²) in [6.45, 7) is 16.6. The standard InChI is InChI=1S/C32H45ClN2O4Si/c1-21(2)40(22(3)4,23(5)6)39-28-14-16-34(17-15-28)35-18-13-27(31(35)36)19-24-7-9-25(10-8-24)26-11-12-29(32(37)38)30(33)20-26/h7-12,20-23,27-28H,13-19H2,1-6H3,(H,37,38)/t27-/m0/s1. The first-order valence-corrected chi connectivity index (χ1v) is 17.3. The Kier molecular flexibility index (Phi) is 9.81. The van der Waals surface area contributed by atoms with Gasteiger partial charge in [0.2, 0.25) is 14.2 Å². The molecular formula is C32H45ClN2O4Si. The molecule has 40 heavy (non-hydrogen) atoms. The van der Waals surface area contributed by atoms with Gasteiger partial charge in [-0.3, -0.25) is 9.80 Å². The lowest BCUT2D eigenvalue weighted by atomic mass is 9.96. The minimum atomic E-state index is -1.90. The second kappa shape index (κ2) is 12.8. The number of rotatable bonds is 10. The van der Waals surface area contributed by atoms with Gasteiger partial charge in [0.15, 0.2) is 0 Å². The SMILES string of the molecule is CC(C)[Si](OC1CCN(N2CC[C@@H](Cc3ccc(-c4ccc(C(=O)O)c(Cl)c4)cc3)C2=O)CC1)(C(C)C)C(C)C. The summed E-state index contributed by atoms with van der Waals surface area (Å²) in [5.41, 5.74) is 4.79. The Labute approximate surface area is 245 Å². The van der Waals surface area contributed by atoms with E-state index in [2.05, 4.69) is 58.7 Å². The molecule has 218 valence electrons. The largest absolute Gasteiger partial charge is 0.478 e. The molecule has 2 saturated heterocycles. The van der Waals surface area contributed by atoms with E-state index in [1.807, 2.05) is 17.1 Å². The van der Waals surface area contributed by atoms with Crippen LogP contribution < -0.4 is 0 Å². The molecule has 0 radical (unpaired) electrons. The van der Waals surface area contributed by atoms with Crippen molar-refractivity contribution in [3.8, 4) is 11.1 Å². The number of amides is 1. The summed E-state index contributed by atoms with van der Waals surface area (Å²) in [5.74, 6) is -0.811. The predicted octanol–water partition coefficient (Wildman–Crippen LogP) is 7.67. The molecule has 4 rings (SSSR count). The van der Waals surface area contributed by atoms with E-state index in [4.69, 9.17) is 16.0 Å². The van der Waals surface area contributed by atoms with Crippen molar-refractivity contribution in [3.63, 3.8) is 0 Å². The predicted molar refractivity (Wildman–Crippen MR) is 164 cm³/mol. The third-order valence-electron chi connectivity index (χ3n) is 9.10. The third-order valence-corrected chi connectivity index (χ3v) is 15.6. The Hall–Kier alpha value is -2.19. The summed E-state index contributed by atoms with van der Waals surface area (Å²) in [4.78, 5) is 24.6. The fourth-order valence-corrected chi connectivity index (χ4v) is 13.0. The smallest absolute Gasteiger partial charge is 0.337 e. The highest BCUT2D eigenvalue weighted by atomic mass is 35.5. The van der Waals surface area contributed by atoms with Crippen LogP contribution in [0.15, 0.2) is 42.5 Å². The highest BCUT2D eigenvalue weighted by Crippen LogP contribution is 2.44. The normalized spacial score (nSPS) is 19.4. The number of hydrogen-bond donors (Lipinski definition) is 1. The molecule has 0 spiro atoms. The van der Waals surface area contributed by atoms with E-state index in [1.54, 1.807) is 12.1 Å². The van der Waals surface area contributed by atoms with Crippen molar-refractivity contribution >= 4 is 31.8 Å². The first-order chi connectivity index (χ1) is 18.9. The van der Waals surface area contributed by atoms with Crippen molar-refractivity contribution in [1.29, 1.82) is 0 Å². The van der Waals surface area contributed by atoms with Gasteiger partial charge < -0.3 is 9.53 Å². The zero-order chi connectivity index (χ0) is 29.2. The molecule has 0 aliphatic carbocycles. The molecule has 2 aromatic carbocycles. The molecule has 0 bridgehead atoms. The zero-order valence-electron chi connectivity index (χ0n) is 24.8. The molecule has 2 aromatic rings. The van der Waals surface area contributed by atoms with E-state index in [-0.39, 0.29) is 28.5 Å². The molecule has 2 fully saturated rings. The van der Waals surface area contributed by atoms with Crippen LogP contribution in [0.4, 0.5) is 0 Å². The van der Waals surface area contributed by atoms with Crippen LogP contribution in [0.25, 0.3) is 11.1 Å². The van der Waals surface area contributed by atoms with Gasteiger partial charge in [-0.1, -0.05) is 83.5 Å². The average Bonchev–Trinajstić information content (AvgIpc) is 3.26. The summed E-state index contributed by atoms with van der Waals surface area (Å²) < 4.78 is 7.04. The van der Waals surface area contributed by atoms with Gasteiger partial charge in [0.05, 0.1) is 10.6 Å². The van der Waals surface area contributed by atoms with Crippen LogP contribution in [-0.2, 0) is 15.6 Å². The van der Waals surface area contributed by atoms with Crippen LogP contribution in [0.1, 0.15) is 76.7 Å². The second-order valence-electron chi connectivity index (χ2n) is 12.4. The number of piperidine rings is 1. The maximum absolute atomic E-state index is 13.4. The van der Waals surface area contributed by atoms with Crippen molar-refractivity contribution in [2.45, 2.75) is 90.0 Å². The minimum Gasteiger partial charge on any atom is -0.478 e. The van der Waals surface area contributed by atoms with Gasteiger partial charge in [-0.25, -0.2) is 9.80 Å². The van der Waals surface area contributed by atoms with Crippen LogP contribution in [-0.4, -0.2) is 61.1 Å². The number of halogens is 1. The summed E-state index contributed by atoms with van der Waals surface area (Å²) in [5, 5.41) is 13.7. The Morgan fingerprint density at radius 2 is 1.50 bits per heavy atom. The molecule has 2 aliphatic rings. The molecule has 1 atom stereocenters. The number of carbonyl (C=O) groups excluding carboxylic acids is 1. The molecule has 8 heteroatoms. The summed E-state index contributed by atoms with van der Waals surface area (Å²) in [7, 11) is -1.90. The zero-order valence-corrected chi connectivity index (χ0v) is 26.6. The molecular weight excluding hydrogens is 540 g/mol. The summed E-state index contributed by atoms with van der Waals surface area (Å²) in [6.07, 6.45) is 3.84. The number of nitrogens with zero attached hydrogens (tertiary/aromatic N) is 2. The molecule has 6 nitrogen and oxygen atoms in total. The molecule has 0 saturated carbocycles. The molecule has 2 aliphatic heterocycles. The Balaban J connectivity index is 1.32. The Morgan fingerprint density at radius 1 is 0.925 bits per heavy atom. The van der Waals surface area contributed by atoms with Crippen molar-refractivity contribution < 1.29 is 19.1 Å². The quantitative estimate of drug-likeness (QED) is 0.290. The van der Waals surface area contributed by atoms with Gasteiger partial charge in [0.1, 0.15) is 0 Å². The number of carbonyl (C=O) groups is 2. The Bertz CT molecular complexity index is 1170. The highest BCUT2D eigenvalue weighted by molar-refractivity contribution is 6.77. The summed E-state index contributed by atoms with van der Waals surface area (Å²) >= 11 is 6.15. The van der Waals surface area contributed by atoms with Gasteiger partial charge >= 0.3 is 5.97 Å². The lowest BCUT2D eigenvalue weighted by Crippen LogP contribution is -2.54. The number of benzene rings is 2. The number of aromatic carboxylic acids is 1. The minimum absolute atomic E-state index is 0.00741. The van der Waals surface area contributed by atoms with Gasteiger partial charge in [-0.2, -0.15) is 0 Å². The van der Waals surface area contributed by atoms with E-state index in [0.717, 1.165) is 62.0 Å². The molecule has 0 aromatic heterocycles. The van der Waals surface area contributed by atoms with Crippen molar-refractivity contribution in [2.24, 2.45) is 5.92 Å². The topological polar surface area (TPSA) is 70.1 Å². The molecule has 0 unspecified atom stereocenters. The number of hydrogen-bond acceptors (Lipinski definition) is 4. The lowest BCUT2D eigenvalue weighted by molar-refractivity contribution is -0.149. The first-order valence-electron chi connectivity index (χ1n) is 14.8. The van der Waals surface area contributed by atoms with Crippen LogP contribution in [0.2, 0.25) is 21.6 Å². The maximum Gasteiger partial charge on any atom is 0.337 e. The van der Waals surface area contributed by atoms with Crippen LogP contribution in [0.5, 0.6) is 0 Å². The van der Waals surface area contributed by atoms with E-state index < -0.39 is 14.3 Å². The number of carboxylic acids is 1. The first kappa shape index (κ1) is 30.8. The van der Waals surface area contributed by atoms with Crippen molar-refractivity contribution in [2.75, 3.05) is 19.6 Å². The van der Waals surface area contributed by atoms with E-state index in [9.17, 15) is 14.7 Å². The fourth-order valence-electron chi connectivity index (χ4n) is 7.08. The fraction of sp³-hybridized carbons (Fsp3) is 0.562. The molecule has 2 heterocycles. The van der Waals surface area contributed by atoms with Gasteiger partial charge in [-0.15, -0.1) is 0 Å². The Morgan fingerprint density at radius 3 is 2.02 bits per heavy atom. The van der Waals surface area contributed by atoms with Gasteiger partial charge in [0.25, 0.3) is 0 Å². The van der Waals surface area contributed by atoms with Crippen molar-refractivity contribution in [3.05, 3.63) is 58.6 Å². The number of carboxylic acid groups (broad SMARTS) is 1. The molecule has 1 N–H and O–H groups in total.